The number of halogens is 3. The number of aliphatic imine (C=N–C) groups is 1. The van der Waals surface area contributed by atoms with Gasteiger partial charge in [-0.1, -0.05) is 11.6 Å². The molecule has 2 saturated heterocycles. The molecule has 9 nitrogen and oxygen atoms in total. The maximum Gasteiger partial charge on any atom is 0.233 e. The molecule has 1 aromatic heterocycles. The lowest BCUT2D eigenvalue weighted by molar-refractivity contribution is 0.00558. The van der Waals surface area contributed by atoms with Gasteiger partial charge in [-0.25, -0.2) is 27.7 Å². The van der Waals surface area contributed by atoms with Crippen LogP contribution in [0.2, 0.25) is 5.02 Å². The van der Waals surface area contributed by atoms with E-state index in [0.717, 1.165) is 18.4 Å². The van der Waals surface area contributed by atoms with Crippen molar-refractivity contribution in [3.63, 3.8) is 0 Å². The summed E-state index contributed by atoms with van der Waals surface area (Å²) in [5.41, 5.74) is 0.582. The number of hydrogen-bond donors (Lipinski definition) is 2. The van der Waals surface area contributed by atoms with Gasteiger partial charge in [0.15, 0.2) is 12.0 Å². The van der Waals surface area contributed by atoms with Gasteiger partial charge in [-0.05, 0) is 18.2 Å². The maximum atomic E-state index is 14.4. The van der Waals surface area contributed by atoms with Crippen molar-refractivity contribution in [1.82, 2.24) is 4.98 Å². The smallest absolute Gasteiger partial charge is 0.233 e. The zero-order valence-corrected chi connectivity index (χ0v) is 19.4. The monoisotopic (exact) mass is 515 g/mol. The minimum absolute atomic E-state index is 0.0361. The number of nitrogens with one attached hydrogen (secondary N) is 1. The molecule has 5 atom stereocenters. The van der Waals surface area contributed by atoms with Crippen molar-refractivity contribution in [3.8, 4) is 5.88 Å². The predicted molar refractivity (Wildman–Crippen MR) is 116 cm³/mol. The van der Waals surface area contributed by atoms with Crippen LogP contribution >= 0.6 is 11.6 Å². The van der Waals surface area contributed by atoms with E-state index in [1.165, 1.54) is 6.07 Å². The molecule has 1 aromatic carbocycles. The van der Waals surface area contributed by atoms with Gasteiger partial charge in [-0.15, -0.1) is 0 Å². The Kier molecular flexibility index (Phi) is 5.97. The minimum atomic E-state index is -3.27. The lowest BCUT2D eigenvalue weighted by Gasteiger charge is -2.17. The predicted octanol–water partition coefficient (Wildman–Crippen LogP) is 2.76. The molecule has 1 unspecified atom stereocenters. The van der Waals surface area contributed by atoms with E-state index in [9.17, 15) is 18.1 Å². The van der Waals surface area contributed by atoms with E-state index >= 15 is 0 Å². The van der Waals surface area contributed by atoms with Gasteiger partial charge in [0.1, 0.15) is 41.6 Å². The number of pyridine rings is 1. The summed E-state index contributed by atoms with van der Waals surface area (Å²) in [7, 11) is -3.27. The van der Waals surface area contributed by atoms with E-state index in [1.54, 1.807) is 0 Å². The third-order valence-electron chi connectivity index (χ3n) is 5.75. The first-order valence-electron chi connectivity index (χ1n) is 10.3. The van der Waals surface area contributed by atoms with E-state index in [-0.39, 0.29) is 41.5 Å². The largest absolute Gasteiger partial charge is 0.472 e. The van der Waals surface area contributed by atoms with E-state index < -0.39 is 51.8 Å². The Balaban J connectivity index is 1.27. The number of nitrogens with zero attached hydrogens (tertiary/aromatic N) is 2. The average Bonchev–Trinajstić information content (AvgIpc) is 3.43. The van der Waals surface area contributed by atoms with Gasteiger partial charge in [0.25, 0.3) is 0 Å². The Hall–Kier alpha value is -2.38. The van der Waals surface area contributed by atoms with E-state index in [0.29, 0.717) is 17.3 Å². The van der Waals surface area contributed by atoms with E-state index in [2.05, 4.69) is 9.98 Å². The van der Waals surface area contributed by atoms with Gasteiger partial charge in [0, 0.05) is 6.26 Å². The molecule has 182 valence electrons. The molecule has 0 radical (unpaired) electrons. The van der Waals surface area contributed by atoms with Gasteiger partial charge >= 0.3 is 0 Å². The summed E-state index contributed by atoms with van der Waals surface area (Å²) >= 11 is 6.23. The van der Waals surface area contributed by atoms with Gasteiger partial charge in [-0.2, -0.15) is 0 Å². The third-order valence-corrected chi connectivity index (χ3v) is 7.16. The lowest BCUT2D eigenvalue weighted by atomic mass is 10.1. The molecule has 5 rings (SSSR count). The Labute approximate surface area is 198 Å². The van der Waals surface area contributed by atoms with Gasteiger partial charge in [0.05, 0.1) is 51.2 Å². The zero-order valence-electron chi connectivity index (χ0n) is 17.8. The molecule has 0 aliphatic carbocycles. The van der Waals surface area contributed by atoms with Crippen molar-refractivity contribution >= 4 is 32.9 Å². The SMILES string of the molecule is CS(=N)(=O)c1cc(F)c(COc2nc3c(cc2Cl)N=C(O[C@@H]2CO[C@H]4[C@@H]2OC[C@H]4O)C3)c(F)c1. The Morgan fingerprint density at radius 2 is 1.94 bits per heavy atom. The van der Waals surface area contributed by atoms with Crippen molar-refractivity contribution in [3.05, 3.63) is 46.1 Å². The van der Waals surface area contributed by atoms with Crippen LogP contribution in [0.4, 0.5) is 14.5 Å². The van der Waals surface area contributed by atoms with Crippen LogP contribution in [0.25, 0.3) is 0 Å². The summed E-state index contributed by atoms with van der Waals surface area (Å²) in [5, 5.41) is 9.95. The highest BCUT2D eigenvalue weighted by atomic mass is 35.5. The highest BCUT2D eigenvalue weighted by Crippen LogP contribution is 2.36. The van der Waals surface area contributed by atoms with Crippen LogP contribution < -0.4 is 4.74 Å². The maximum absolute atomic E-state index is 14.4. The third kappa shape index (κ3) is 4.36. The molecule has 0 amide bonds. The number of ether oxygens (including phenoxy) is 4. The van der Waals surface area contributed by atoms with Crippen molar-refractivity contribution in [1.29, 1.82) is 4.78 Å². The summed E-state index contributed by atoms with van der Waals surface area (Å²) in [4.78, 5) is 8.45. The van der Waals surface area contributed by atoms with Gasteiger partial charge in [0.2, 0.25) is 5.88 Å². The van der Waals surface area contributed by atoms with Crippen LogP contribution in [0.15, 0.2) is 28.1 Å². The fourth-order valence-corrected chi connectivity index (χ4v) is 4.87. The zero-order chi connectivity index (χ0) is 24.2. The molecular weight excluding hydrogens is 496 g/mol. The summed E-state index contributed by atoms with van der Waals surface area (Å²) in [6, 6.07) is 3.23. The molecule has 13 heteroatoms. The fraction of sp³-hybridized carbons (Fsp3) is 0.429. The van der Waals surface area contributed by atoms with Crippen molar-refractivity contribution in [2.75, 3.05) is 19.5 Å². The molecule has 3 aliphatic rings. The standard InChI is InChI=1S/C21H20ClF2N3O6S/c1-34(25,29)9-2-12(23)10(13(24)3-9)6-32-21-11(22)4-14-15(27-21)5-18(26-14)33-17-8-31-19-16(28)7-30-20(17)19/h2-4,16-17,19-20,25,28H,5-8H2,1H3/t16-,17-,19-,20-,34?/m1/s1. The number of aromatic nitrogens is 1. The molecule has 4 heterocycles. The van der Waals surface area contributed by atoms with E-state index in [1.807, 2.05) is 0 Å². The number of aliphatic hydroxyl groups is 1. The fourth-order valence-electron chi connectivity index (χ4n) is 4.01. The van der Waals surface area contributed by atoms with Crippen LogP contribution in [0.1, 0.15) is 11.3 Å². The molecule has 3 aliphatic heterocycles. The van der Waals surface area contributed by atoms with E-state index in [4.69, 9.17) is 35.3 Å². The molecular formula is C21H20ClF2N3O6S. The minimum Gasteiger partial charge on any atom is -0.472 e. The Morgan fingerprint density at radius 1 is 1.24 bits per heavy atom. The second-order valence-corrected chi connectivity index (χ2v) is 10.8. The first kappa shape index (κ1) is 23.4. The normalized spacial score (nSPS) is 27.1. The number of benzene rings is 1. The van der Waals surface area contributed by atoms with Crippen LogP contribution in [0.3, 0.4) is 0 Å². The highest BCUT2D eigenvalue weighted by molar-refractivity contribution is 7.91. The highest BCUT2D eigenvalue weighted by Gasteiger charge is 2.49. The Morgan fingerprint density at radius 3 is 2.65 bits per heavy atom. The first-order valence-corrected chi connectivity index (χ1v) is 12.6. The topological polar surface area (TPSA) is 123 Å². The van der Waals surface area contributed by atoms with Crippen molar-refractivity contribution < 1.29 is 37.0 Å². The van der Waals surface area contributed by atoms with Crippen LogP contribution in [0.5, 0.6) is 5.88 Å². The first-order chi connectivity index (χ1) is 16.1. The molecule has 2 fully saturated rings. The van der Waals surface area contributed by atoms with Gasteiger partial charge < -0.3 is 24.1 Å². The second kappa shape index (κ2) is 8.68. The van der Waals surface area contributed by atoms with Crippen LogP contribution in [-0.2, 0) is 37.0 Å². The van der Waals surface area contributed by atoms with Gasteiger partial charge in [-0.3, -0.25) is 0 Å². The summed E-state index contributed by atoms with van der Waals surface area (Å²) in [5.74, 6) is -1.62. The van der Waals surface area contributed by atoms with Crippen LogP contribution in [-0.4, -0.2) is 64.1 Å². The molecule has 2 aromatic rings. The number of rotatable bonds is 5. The van der Waals surface area contributed by atoms with Crippen LogP contribution in [0, 0.1) is 16.4 Å². The summed E-state index contributed by atoms with van der Waals surface area (Å²) in [6.45, 7) is -0.0731. The number of aliphatic hydroxyl groups excluding tert-OH is 1. The quantitative estimate of drug-likeness (QED) is 0.627. The molecule has 0 spiro atoms. The number of hydrogen-bond acceptors (Lipinski definition) is 9. The molecule has 34 heavy (non-hydrogen) atoms. The summed E-state index contributed by atoms with van der Waals surface area (Å²) in [6.07, 6.45) is -0.605. The van der Waals surface area contributed by atoms with Crippen molar-refractivity contribution in [2.45, 2.75) is 42.3 Å². The molecule has 0 saturated carbocycles. The number of fused-ring (bicyclic) bond motifs is 2. The lowest BCUT2D eigenvalue weighted by Crippen LogP contribution is -2.34. The average molecular weight is 516 g/mol. The molecule has 0 bridgehead atoms. The van der Waals surface area contributed by atoms with Crippen molar-refractivity contribution in [2.24, 2.45) is 4.99 Å². The summed E-state index contributed by atoms with van der Waals surface area (Å²) < 4.78 is 70.5. The Bertz CT molecular complexity index is 1270. The second-order valence-electron chi connectivity index (χ2n) is 8.24. The molecule has 2 N–H and O–H groups in total.